The number of carbonyl (C=O) groups is 2. The molecule has 150 valence electrons. The third kappa shape index (κ3) is 4.86. The summed E-state index contributed by atoms with van der Waals surface area (Å²) in [5.74, 6) is 0.658. The van der Waals surface area contributed by atoms with E-state index in [9.17, 15) is 9.59 Å². The first-order chi connectivity index (χ1) is 14.0. The van der Waals surface area contributed by atoms with Crippen molar-refractivity contribution < 1.29 is 14.3 Å². The lowest BCUT2D eigenvalue weighted by molar-refractivity contribution is 0.0950. The first-order valence-electron chi connectivity index (χ1n) is 8.93. The van der Waals surface area contributed by atoms with Crippen LogP contribution in [0.1, 0.15) is 28.5 Å². The number of amides is 3. The van der Waals surface area contributed by atoms with Gasteiger partial charge in [0, 0.05) is 18.3 Å². The second-order valence-corrected chi connectivity index (χ2v) is 6.09. The summed E-state index contributed by atoms with van der Waals surface area (Å²) in [5, 5.41) is 17.6. The summed E-state index contributed by atoms with van der Waals surface area (Å²) in [5.41, 5.74) is 7.61. The third-order valence-corrected chi connectivity index (χ3v) is 4.06. The first-order valence-corrected chi connectivity index (χ1v) is 8.93. The molecule has 10 nitrogen and oxygen atoms in total. The van der Waals surface area contributed by atoms with Crippen molar-refractivity contribution >= 4 is 17.6 Å². The summed E-state index contributed by atoms with van der Waals surface area (Å²) < 4.78 is 6.82. The molecule has 0 saturated heterocycles. The summed E-state index contributed by atoms with van der Waals surface area (Å²) in [7, 11) is 0. The number of aromatic nitrogens is 4. The predicted molar refractivity (Wildman–Crippen MR) is 106 cm³/mol. The van der Waals surface area contributed by atoms with Crippen LogP contribution in [0, 0.1) is 6.92 Å². The van der Waals surface area contributed by atoms with E-state index in [2.05, 4.69) is 25.9 Å². The Morgan fingerprint density at radius 3 is 2.52 bits per heavy atom. The van der Waals surface area contributed by atoms with E-state index in [-0.39, 0.29) is 5.91 Å². The summed E-state index contributed by atoms with van der Waals surface area (Å²) in [6, 6.07) is 9.79. The van der Waals surface area contributed by atoms with Gasteiger partial charge in [0.2, 0.25) is 5.88 Å². The normalized spacial score (nSPS) is 10.4. The Morgan fingerprint density at radius 2 is 1.90 bits per heavy atom. The van der Waals surface area contributed by atoms with Gasteiger partial charge in [-0.05, 0) is 37.6 Å². The number of hydrogen-bond donors (Lipinski definition) is 3. The summed E-state index contributed by atoms with van der Waals surface area (Å²) in [6.07, 6.45) is 1.49. The zero-order valence-corrected chi connectivity index (χ0v) is 16.0. The fourth-order valence-corrected chi connectivity index (χ4v) is 2.64. The maximum Gasteiger partial charge on any atom is 0.316 e. The lowest BCUT2D eigenvalue weighted by Gasteiger charge is -2.07. The van der Waals surface area contributed by atoms with Gasteiger partial charge in [-0.25, -0.2) is 9.48 Å². The Morgan fingerprint density at radius 1 is 1.14 bits per heavy atom. The quantitative estimate of drug-likeness (QED) is 0.558. The topological polar surface area (TPSA) is 137 Å². The van der Waals surface area contributed by atoms with Crippen LogP contribution < -0.4 is 21.1 Å². The number of nitrogens with one attached hydrogen (secondary N) is 2. The van der Waals surface area contributed by atoms with E-state index in [1.54, 1.807) is 48.0 Å². The first kappa shape index (κ1) is 19.8. The van der Waals surface area contributed by atoms with Crippen LogP contribution in [0.15, 0.2) is 42.6 Å². The van der Waals surface area contributed by atoms with E-state index in [1.165, 1.54) is 6.20 Å². The van der Waals surface area contributed by atoms with E-state index in [0.29, 0.717) is 41.8 Å². The van der Waals surface area contributed by atoms with Crippen LogP contribution in [-0.2, 0) is 6.54 Å². The van der Waals surface area contributed by atoms with Crippen molar-refractivity contribution in [1.82, 2.24) is 25.3 Å². The molecule has 10 heteroatoms. The molecule has 0 fully saturated rings. The fourth-order valence-electron chi connectivity index (χ4n) is 2.64. The zero-order chi connectivity index (χ0) is 20.8. The molecule has 0 unspecified atom stereocenters. The second-order valence-electron chi connectivity index (χ2n) is 6.09. The Kier molecular flexibility index (Phi) is 6.03. The fraction of sp³-hybridized carbons (Fsp3) is 0.211. The average Bonchev–Trinajstić information content (AvgIpc) is 3.09. The zero-order valence-electron chi connectivity index (χ0n) is 16.0. The molecule has 1 aromatic carbocycles. The van der Waals surface area contributed by atoms with E-state index in [0.717, 1.165) is 5.56 Å². The molecule has 0 aliphatic heterocycles. The molecule has 0 radical (unpaired) electrons. The van der Waals surface area contributed by atoms with Crippen molar-refractivity contribution in [2.45, 2.75) is 20.4 Å². The maximum atomic E-state index is 12.5. The summed E-state index contributed by atoms with van der Waals surface area (Å²) in [4.78, 5) is 23.4. The Bertz CT molecular complexity index is 998. The van der Waals surface area contributed by atoms with E-state index in [4.69, 9.17) is 10.5 Å². The van der Waals surface area contributed by atoms with Gasteiger partial charge in [0.1, 0.15) is 0 Å². The van der Waals surface area contributed by atoms with E-state index in [1.807, 2.05) is 6.92 Å². The van der Waals surface area contributed by atoms with Crippen LogP contribution in [0.3, 0.4) is 0 Å². The number of urea groups is 1. The largest absolute Gasteiger partial charge is 0.477 e. The molecule has 3 rings (SSSR count). The lowest BCUT2D eigenvalue weighted by Crippen LogP contribution is -2.23. The summed E-state index contributed by atoms with van der Waals surface area (Å²) in [6.45, 7) is 4.47. The molecular weight excluding hydrogens is 374 g/mol. The minimum absolute atomic E-state index is 0.257. The van der Waals surface area contributed by atoms with Crippen LogP contribution in [0.25, 0.3) is 5.82 Å². The molecule has 2 heterocycles. The van der Waals surface area contributed by atoms with Crippen molar-refractivity contribution in [2.24, 2.45) is 5.73 Å². The number of nitrogens with two attached hydrogens (primary N) is 1. The third-order valence-electron chi connectivity index (χ3n) is 4.06. The van der Waals surface area contributed by atoms with Crippen LogP contribution in [0.2, 0.25) is 0 Å². The molecular formula is C19H21N7O3. The van der Waals surface area contributed by atoms with Crippen LogP contribution in [-0.4, -0.2) is 38.5 Å². The van der Waals surface area contributed by atoms with Crippen molar-refractivity contribution in [2.75, 3.05) is 11.9 Å². The molecule has 0 aliphatic rings. The van der Waals surface area contributed by atoms with Gasteiger partial charge in [0.25, 0.3) is 5.91 Å². The monoisotopic (exact) mass is 395 g/mol. The maximum absolute atomic E-state index is 12.5. The molecule has 0 spiro atoms. The van der Waals surface area contributed by atoms with Crippen molar-refractivity contribution in [3.05, 3.63) is 59.4 Å². The molecule has 0 bridgehead atoms. The molecule has 29 heavy (non-hydrogen) atoms. The Hall–Kier alpha value is -3.95. The van der Waals surface area contributed by atoms with Crippen molar-refractivity contribution in [1.29, 1.82) is 0 Å². The minimum atomic E-state index is -0.629. The Balaban J connectivity index is 1.65. The van der Waals surface area contributed by atoms with Gasteiger partial charge in [-0.15, -0.1) is 10.2 Å². The highest BCUT2D eigenvalue weighted by Crippen LogP contribution is 2.14. The molecule has 3 amide bonds. The van der Waals surface area contributed by atoms with Gasteiger partial charge in [-0.2, -0.15) is 5.10 Å². The van der Waals surface area contributed by atoms with E-state index < -0.39 is 6.03 Å². The number of carbonyl (C=O) groups excluding carboxylic acids is 2. The molecule has 0 aliphatic carbocycles. The smallest absolute Gasteiger partial charge is 0.316 e. The molecule has 4 N–H and O–H groups in total. The number of hydrogen-bond acceptors (Lipinski definition) is 6. The number of anilines is 1. The highest BCUT2D eigenvalue weighted by Gasteiger charge is 2.16. The molecule has 0 atom stereocenters. The number of ether oxygens (including phenoxy) is 1. The van der Waals surface area contributed by atoms with Crippen LogP contribution in [0.4, 0.5) is 10.5 Å². The summed E-state index contributed by atoms with van der Waals surface area (Å²) >= 11 is 0. The Labute approximate surface area is 167 Å². The number of benzene rings is 1. The van der Waals surface area contributed by atoms with Crippen LogP contribution in [0.5, 0.6) is 5.88 Å². The van der Waals surface area contributed by atoms with Crippen LogP contribution >= 0.6 is 0 Å². The van der Waals surface area contributed by atoms with Gasteiger partial charge >= 0.3 is 6.03 Å². The molecule has 0 saturated carbocycles. The van der Waals surface area contributed by atoms with Crippen molar-refractivity contribution in [3.63, 3.8) is 0 Å². The average molecular weight is 395 g/mol. The van der Waals surface area contributed by atoms with Gasteiger partial charge in [-0.3, -0.25) is 4.79 Å². The van der Waals surface area contributed by atoms with Gasteiger partial charge in [-0.1, -0.05) is 12.1 Å². The standard InChI is InChI=1S/C19H21N7O3/c1-3-29-17-9-8-16(24-25-17)26-12(2)15(11-22-26)18(27)21-10-13-4-6-14(7-5-13)23-19(20)28/h4-9,11H,3,10H2,1-2H3,(H,21,27)(H3,20,23,28). The van der Waals surface area contributed by atoms with Gasteiger partial charge in [0.05, 0.1) is 24.1 Å². The minimum Gasteiger partial charge on any atom is -0.477 e. The molecule has 2 aromatic heterocycles. The number of primary amides is 1. The highest BCUT2D eigenvalue weighted by molar-refractivity contribution is 5.95. The predicted octanol–water partition coefficient (Wildman–Crippen LogP) is 1.79. The lowest BCUT2D eigenvalue weighted by atomic mass is 10.2. The second kappa shape index (κ2) is 8.83. The van der Waals surface area contributed by atoms with Gasteiger partial charge in [0.15, 0.2) is 5.82 Å². The highest BCUT2D eigenvalue weighted by atomic mass is 16.5. The SMILES string of the molecule is CCOc1ccc(-n2ncc(C(=O)NCc3ccc(NC(N)=O)cc3)c2C)nn1. The van der Waals surface area contributed by atoms with Gasteiger partial charge < -0.3 is 21.1 Å². The number of nitrogens with zero attached hydrogens (tertiary/aromatic N) is 4. The van der Waals surface area contributed by atoms with Crippen molar-refractivity contribution in [3.8, 4) is 11.7 Å². The molecule has 3 aromatic rings. The van der Waals surface area contributed by atoms with E-state index >= 15 is 0 Å². The number of rotatable bonds is 7.